The Morgan fingerprint density at radius 2 is 1.83 bits per heavy atom. The third-order valence-electron chi connectivity index (χ3n) is 5.32. The van der Waals surface area contributed by atoms with E-state index in [4.69, 9.17) is 9.47 Å². The van der Waals surface area contributed by atoms with Gasteiger partial charge in [-0.1, -0.05) is 18.2 Å². The van der Waals surface area contributed by atoms with Crippen LogP contribution in [0.3, 0.4) is 0 Å². The zero-order valence-electron chi connectivity index (χ0n) is 16.7. The van der Waals surface area contributed by atoms with Crippen LogP contribution < -0.4 is 14.8 Å². The molecule has 1 N–H and O–H groups in total. The molecule has 0 radical (unpaired) electrons. The topological polar surface area (TPSA) is 47.6 Å². The lowest BCUT2D eigenvalue weighted by molar-refractivity contribution is 0.0944. The van der Waals surface area contributed by atoms with Gasteiger partial charge in [-0.3, -0.25) is 4.79 Å². The Balaban J connectivity index is 1.33. The van der Waals surface area contributed by atoms with Crippen LogP contribution in [0.5, 0.6) is 11.5 Å². The number of hydrogen-bond donors (Lipinski definition) is 1. The highest BCUT2D eigenvalue weighted by Gasteiger charge is 2.15. The zero-order valence-corrected chi connectivity index (χ0v) is 17.6. The molecule has 1 heterocycles. The summed E-state index contributed by atoms with van der Waals surface area (Å²) in [5.41, 5.74) is 4.90. The van der Waals surface area contributed by atoms with Crippen molar-refractivity contribution in [2.75, 3.05) is 7.11 Å². The average molecular weight is 408 g/mol. The van der Waals surface area contributed by atoms with E-state index in [1.807, 2.05) is 48.7 Å². The van der Waals surface area contributed by atoms with Gasteiger partial charge in [-0.05, 0) is 78.6 Å². The largest absolute Gasteiger partial charge is 0.497 e. The van der Waals surface area contributed by atoms with E-state index in [1.165, 1.54) is 35.3 Å². The molecule has 1 unspecified atom stereocenters. The molecule has 1 amide bonds. The summed E-state index contributed by atoms with van der Waals surface area (Å²) >= 11 is 1.44. The van der Waals surface area contributed by atoms with Gasteiger partial charge in [0.2, 0.25) is 0 Å². The molecule has 29 heavy (non-hydrogen) atoms. The van der Waals surface area contributed by atoms with E-state index in [0.717, 1.165) is 29.0 Å². The molecule has 0 bridgehead atoms. The summed E-state index contributed by atoms with van der Waals surface area (Å²) in [6.07, 6.45) is 3.55. The van der Waals surface area contributed by atoms with Gasteiger partial charge < -0.3 is 14.8 Å². The molecule has 1 atom stereocenters. The molecular formula is C24H25NO3S. The van der Waals surface area contributed by atoms with Gasteiger partial charge in [-0.25, -0.2) is 0 Å². The lowest BCUT2D eigenvalue weighted by Crippen LogP contribution is -2.25. The number of carbonyl (C=O) groups excluding carboxylic acids is 1. The van der Waals surface area contributed by atoms with Crippen LogP contribution >= 0.6 is 11.3 Å². The summed E-state index contributed by atoms with van der Waals surface area (Å²) in [6, 6.07) is 15.9. The molecule has 0 fully saturated rings. The van der Waals surface area contributed by atoms with E-state index in [1.54, 1.807) is 7.11 Å². The van der Waals surface area contributed by atoms with E-state index < -0.39 is 0 Å². The second-order valence-electron chi connectivity index (χ2n) is 7.36. The van der Waals surface area contributed by atoms with Crippen molar-refractivity contribution in [3.05, 3.63) is 81.0 Å². The maximum atomic E-state index is 12.6. The van der Waals surface area contributed by atoms with Crippen LogP contribution in [0, 0.1) is 0 Å². The van der Waals surface area contributed by atoms with Crippen LogP contribution in [0.25, 0.3) is 0 Å². The fraction of sp³-hybridized carbons (Fsp3) is 0.292. The Morgan fingerprint density at radius 3 is 2.62 bits per heavy atom. The van der Waals surface area contributed by atoms with Gasteiger partial charge in [0.15, 0.2) is 0 Å². The SMILES string of the molecule is COc1ccc(C(C)NC(=O)c2cc(COc3ccc4c(c3)CCC4)cs2)cc1. The molecule has 150 valence electrons. The van der Waals surface area contributed by atoms with Gasteiger partial charge in [0.25, 0.3) is 5.91 Å². The normalized spacial score (nSPS) is 13.6. The minimum atomic E-state index is -0.0818. The number of methoxy groups -OCH3 is 1. The highest BCUT2D eigenvalue weighted by atomic mass is 32.1. The van der Waals surface area contributed by atoms with Gasteiger partial charge in [0.1, 0.15) is 18.1 Å². The average Bonchev–Trinajstić information content (AvgIpc) is 3.41. The summed E-state index contributed by atoms with van der Waals surface area (Å²) in [7, 11) is 1.64. The first-order valence-electron chi connectivity index (χ1n) is 9.89. The predicted octanol–water partition coefficient (Wildman–Crippen LogP) is 5.32. The van der Waals surface area contributed by atoms with Crippen molar-refractivity contribution in [3.8, 4) is 11.5 Å². The Morgan fingerprint density at radius 1 is 1.07 bits per heavy atom. The third-order valence-corrected chi connectivity index (χ3v) is 6.29. The van der Waals surface area contributed by atoms with E-state index in [2.05, 4.69) is 17.4 Å². The fourth-order valence-electron chi connectivity index (χ4n) is 3.62. The second-order valence-corrected chi connectivity index (χ2v) is 8.27. The van der Waals surface area contributed by atoms with Crippen LogP contribution in [0.2, 0.25) is 0 Å². The molecule has 4 nitrogen and oxygen atoms in total. The van der Waals surface area contributed by atoms with Crippen molar-refractivity contribution < 1.29 is 14.3 Å². The zero-order chi connectivity index (χ0) is 20.2. The summed E-state index contributed by atoms with van der Waals surface area (Å²) in [6.45, 7) is 2.45. The Labute approximate surface area is 175 Å². The third kappa shape index (κ3) is 4.62. The molecule has 1 aliphatic rings. The smallest absolute Gasteiger partial charge is 0.261 e. The molecule has 5 heteroatoms. The molecule has 0 saturated carbocycles. The first-order valence-corrected chi connectivity index (χ1v) is 10.8. The molecule has 0 spiro atoms. The molecule has 2 aromatic carbocycles. The molecule has 0 aliphatic heterocycles. The molecular weight excluding hydrogens is 382 g/mol. The van der Waals surface area contributed by atoms with Crippen molar-refractivity contribution in [3.63, 3.8) is 0 Å². The van der Waals surface area contributed by atoms with Crippen LogP contribution in [0.1, 0.15) is 51.3 Å². The van der Waals surface area contributed by atoms with Crippen LogP contribution in [-0.2, 0) is 19.4 Å². The van der Waals surface area contributed by atoms with Crippen LogP contribution in [0.15, 0.2) is 53.9 Å². The summed E-state index contributed by atoms with van der Waals surface area (Å²) in [4.78, 5) is 13.3. The minimum absolute atomic E-state index is 0.0675. The van der Waals surface area contributed by atoms with Gasteiger partial charge in [0, 0.05) is 5.56 Å². The van der Waals surface area contributed by atoms with E-state index >= 15 is 0 Å². The number of nitrogens with one attached hydrogen (secondary N) is 1. The highest BCUT2D eigenvalue weighted by molar-refractivity contribution is 7.12. The summed E-state index contributed by atoms with van der Waals surface area (Å²) in [5, 5.41) is 5.04. The van der Waals surface area contributed by atoms with Crippen LogP contribution in [0.4, 0.5) is 0 Å². The summed E-state index contributed by atoms with van der Waals surface area (Å²) < 4.78 is 11.1. The number of aryl methyl sites for hydroxylation is 2. The molecule has 0 saturated heterocycles. The lowest BCUT2D eigenvalue weighted by Gasteiger charge is -2.14. The Bertz CT molecular complexity index is 994. The minimum Gasteiger partial charge on any atom is -0.497 e. The lowest BCUT2D eigenvalue weighted by atomic mass is 10.1. The van der Waals surface area contributed by atoms with E-state index in [0.29, 0.717) is 11.5 Å². The fourth-order valence-corrected chi connectivity index (χ4v) is 4.42. The molecule has 3 aromatic rings. The molecule has 1 aliphatic carbocycles. The maximum Gasteiger partial charge on any atom is 0.261 e. The highest BCUT2D eigenvalue weighted by Crippen LogP contribution is 2.27. The molecule has 4 rings (SSSR count). The monoisotopic (exact) mass is 407 g/mol. The number of fused-ring (bicyclic) bond motifs is 1. The first-order chi connectivity index (χ1) is 14.1. The van der Waals surface area contributed by atoms with Gasteiger partial charge in [-0.15, -0.1) is 11.3 Å². The van der Waals surface area contributed by atoms with Crippen molar-refractivity contribution in [2.45, 2.75) is 38.8 Å². The number of hydrogen-bond acceptors (Lipinski definition) is 4. The van der Waals surface area contributed by atoms with Gasteiger partial charge in [-0.2, -0.15) is 0 Å². The van der Waals surface area contributed by atoms with Crippen LogP contribution in [-0.4, -0.2) is 13.0 Å². The van der Waals surface area contributed by atoms with Gasteiger partial charge >= 0.3 is 0 Å². The van der Waals surface area contributed by atoms with E-state index in [-0.39, 0.29) is 11.9 Å². The number of rotatable bonds is 7. The first kappa shape index (κ1) is 19.5. The van der Waals surface area contributed by atoms with Crippen molar-refractivity contribution in [1.29, 1.82) is 0 Å². The van der Waals surface area contributed by atoms with Crippen molar-refractivity contribution in [1.82, 2.24) is 5.32 Å². The van der Waals surface area contributed by atoms with Crippen molar-refractivity contribution >= 4 is 17.2 Å². The van der Waals surface area contributed by atoms with Gasteiger partial charge in [0.05, 0.1) is 18.0 Å². The number of ether oxygens (including phenoxy) is 2. The standard InChI is InChI=1S/C24H25NO3S/c1-16(18-6-9-21(27-2)10-7-18)25-24(26)23-12-17(15-29-23)14-28-22-11-8-19-4-3-5-20(19)13-22/h6-13,15-16H,3-5,14H2,1-2H3,(H,25,26). The molecule has 1 aromatic heterocycles. The number of thiophene rings is 1. The van der Waals surface area contributed by atoms with Crippen molar-refractivity contribution in [2.24, 2.45) is 0 Å². The Kier molecular flexibility index (Phi) is 5.86. The summed E-state index contributed by atoms with van der Waals surface area (Å²) in [5.74, 6) is 1.64. The number of carbonyl (C=O) groups is 1. The number of benzene rings is 2. The predicted molar refractivity (Wildman–Crippen MR) is 116 cm³/mol. The second kappa shape index (κ2) is 8.70. The van der Waals surface area contributed by atoms with E-state index in [9.17, 15) is 4.79 Å². The Hall–Kier alpha value is -2.79. The number of amides is 1. The maximum absolute atomic E-state index is 12.6. The quantitative estimate of drug-likeness (QED) is 0.577.